The van der Waals surface area contributed by atoms with Gasteiger partial charge in [-0.3, -0.25) is 0 Å². The van der Waals surface area contributed by atoms with Crippen LogP contribution in [0.5, 0.6) is 0 Å². The maximum Gasteiger partial charge on any atom is 0.500 e. The minimum absolute atomic E-state index is 0.131. The van der Waals surface area contributed by atoms with Crippen molar-refractivity contribution in [1.82, 2.24) is 0 Å². The molecule has 23 heavy (non-hydrogen) atoms. The number of hydrogen-bond donors (Lipinski definition) is 0. The highest BCUT2D eigenvalue weighted by Gasteiger charge is 2.39. The Labute approximate surface area is 141 Å². The van der Waals surface area contributed by atoms with E-state index in [4.69, 9.17) is 13.3 Å². The van der Waals surface area contributed by atoms with Crippen LogP contribution in [-0.2, 0) is 23.1 Å². The summed E-state index contributed by atoms with van der Waals surface area (Å²) in [7, 11) is -5.89. The Morgan fingerprint density at radius 2 is 1.39 bits per heavy atom. The van der Waals surface area contributed by atoms with E-state index in [0.717, 1.165) is 0 Å². The summed E-state index contributed by atoms with van der Waals surface area (Å²) in [6, 6.07) is 9.20. The van der Waals surface area contributed by atoms with Crippen molar-refractivity contribution in [1.29, 1.82) is 0 Å². The van der Waals surface area contributed by atoms with Crippen LogP contribution in [0.3, 0.4) is 0 Å². The van der Waals surface area contributed by atoms with Gasteiger partial charge in [0.15, 0.2) is 9.84 Å². The lowest BCUT2D eigenvalue weighted by atomic mass is 10.4. The first-order valence-corrected chi connectivity index (χ1v) is 11.8. The van der Waals surface area contributed by atoms with Crippen LogP contribution in [0.25, 0.3) is 0 Å². The van der Waals surface area contributed by atoms with Gasteiger partial charge in [-0.05, 0) is 45.7 Å². The molecule has 1 aromatic rings. The molecule has 0 amide bonds. The highest BCUT2D eigenvalue weighted by atomic mass is 32.2. The fourth-order valence-corrected chi connectivity index (χ4v) is 6.46. The molecular formula is C16H28O5SSi. The molecule has 1 rings (SSSR count). The second-order valence-corrected chi connectivity index (χ2v) is 9.91. The Balaban J connectivity index is 2.56. The van der Waals surface area contributed by atoms with Crippen molar-refractivity contribution in [3.8, 4) is 0 Å². The van der Waals surface area contributed by atoms with Gasteiger partial charge in [-0.25, -0.2) is 8.42 Å². The Kier molecular flexibility index (Phi) is 9.01. The molecule has 0 fully saturated rings. The highest BCUT2D eigenvalue weighted by Crippen LogP contribution is 2.20. The van der Waals surface area contributed by atoms with Gasteiger partial charge in [-0.1, -0.05) is 18.2 Å². The van der Waals surface area contributed by atoms with Crippen LogP contribution >= 0.6 is 0 Å². The lowest BCUT2D eigenvalue weighted by Gasteiger charge is -2.28. The zero-order chi connectivity index (χ0) is 17.2. The van der Waals surface area contributed by atoms with Crippen molar-refractivity contribution in [3.63, 3.8) is 0 Å². The minimum Gasteiger partial charge on any atom is -0.374 e. The first kappa shape index (κ1) is 20.3. The molecule has 0 heterocycles. The summed E-state index contributed by atoms with van der Waals surface area (Å²) < 4.78 is 41.8. The molecule has 7 heteroatoms. The van der Waals surface area contributed by atoms with Gasteiger partial charge in [-0.2, -0.15) is 0 Å². The fraction of sp³-hybridized carbons (Fsp3) is 0.625. The molecule has 0 aromatic heterocycles. The molecule has 0 atom stereocenters. The molecule has 0 aliphatic rings. The molecule has 0 aliphatic heterocycles. The van der Waals surface area contributed by atoms with Gasteiger partial charge in [-0.15, -0.1) is 0 Å². The summed E-state index contributed by atoms with van der Waals surface area (Å²) in [5.41, 5.74) is 0. The van der Waals surface area contributed by atoms with E-state index in [-0.39, 0.29) is 5.75 Å². The Hall–Kier alpha value is -0.733. The lowest BCUT2D eigenvalue weighted by molar-refractivity contribution is 0.0708. The maximum atomic E-state index is 12.3. The fourth-order valence-electron chi connectivity index (χ4n) is 2.38. The van der Waals surface area contributed by atoms with E-state index in [1.807, 2.05) is 26.8 Å². The van der Waals surface area contributed by atoms with Gasteiger partial charge in [0.05, 0.1) is 10.6 Å². The summed E-state index contributed by atoms with van der Waals surface area (Å²) in [6.45, 7) is 7.36. The first-order chi connectivity index (χ1) is 11.0. The van der Waals surface area contributed by atoms with E-state index in [1.54, 1.807) is 24.3 Å². The van der Waals surface area contributed by atoms with Gasteiger partial charge < -0.3 is 13.3 Å². The molecule has 0 saturated heterocycles. The number of rotatable bonds is 12. The summed E-state index contributed by atoms with van der Waals surface area (Å²) in [5.74, 6) is 0.131. The SMILES string of the molecule is CCO[Si](CCCCS(=O)(=O)c1ccccc1)(OCC)OCC. The average Bonchev–Trinajstić information content (AvgIpc) is 2.53. The quantitative estimate of drug-likeness (QED) is 0.423. The monoisotopic (exact) mass is 360 g/mol. The third-order valence-corrected chi connectivity index (χ3v) is 8.31. The van der Waals surface area contributed by atoms with Crippen LogP contribution in [0.4, 0.5) is 0 Å². The molecule has 132 valence electrons. The molecule has 0 N–H and O–H groups in total. The van der Waals surface area contributed by atoms with Crippen molar-refractivity contribution >= 4 is 18.6 Å². The molecule has 0 spiro atoms. The van der Waals surface area contributed by atoms with Gasteiger partial charge in [0.25, 0.3) is 0 Å². The van der Waals surface area contributed by atoms with Crippen LogP contribution in [0.15, 0.2) is 35.2 Å². The van der Waals surface area contributed by atoms with Crippen molar-refractivity contribution in [2.75, 3.05) is 25.6 Å². The first-order valence-electron chi connectivity index (χ1n) is 8.19. The number of benzene rings is 1. The second-order valence-electron chi connectivity index (χ2n) is 5.07. The highest BCUT2D eigenvalue weighted by molar-refractivity contribution is 7.91. The van der Waals surface area contributed by atoms with E-state index in [9.17, 15) is 8.42 Å². The van der Waals surface area contributed by atoms with Crippen LogP contribution in [0.1, 0.15) is 33.6 Å². The van der Waals surface area contributed by atoms with Crippen molar-refractivity contribution < 1.29 is 21.7 Å². The maximum absolute atomic E-state index is 12.3. The van der Waals surface area contributed by atoms with Gasteiger partial charge >= 0.3 is 8.80 Å². The third kappa shape index (κ3) is 6.72. The van der Waals surface area contributed by atoms with Crippen LogP contribution in [-0.4, -0.2) is 42.8 Å². The average molecular weight is 361 g/mol. The predicted molar refractivity (Wildman–Crippen MR) is 93.2 cm³/mol. The molecule has 0 radical (unpaired) electrons. The van der Waals surface area contributed by atoms with Crippen molar-refractivity contribution in [2.24, 2.45) is 0 Å². The van der Waals surface area contributed by atoms with E-state index in [0.29, 0.717) is 43.6 Å². The molecular weight excluding hydrogens is 332 g/mol. The van der Waals surface area contributed by atoms with Crippen molar-refractivity contribution in [3.05, 3.63) is 30.3 Å². The molecule has 0 unspecified atom stereocenters. The number of sulfone groups is 1. The van der Waals surface area contributed by atoms with E-state index >= 15 is 0 Å². The Morgan fingerprint density at radius 3 is 1.87 bits per heavy atom. The summed E-state index contributed by atoms with van der Waals surface area (Å²) >= 11 is 0. The van der Waals surface area contributed by atoms with E-state index < -0.39 is 18.6 Å². The summed E-state index contributed by atoms with van der Waals surface area (Å²) in [6.07, 6.45) is 1.28. The molecule has 5 nitrogen and oxygen atoms in total. The van der Waals surface area contributed by atoms with Crippen LogP contribution < -0.4 is 0 Å². The topological polar surface area (TPSA) is 61.8 Å². The van der Waals surface area contributed by atoms with Gasteiger partial charge in [0.2, 0.25) is 0 Å². The lowest BCUT2D eigenvalue weighted by Crippen LogP contribution is -2.45. The Bertz CT molecular complexity index is 516. The zero-order valence-corrected chi connectivity index (χ0v) is 16.1. The van der Waals surface area contributed by atoms with Crippen LogP contribution in [0.2, 0.25) is 6.04 Å². The largest absolute Gasteiger partial charge is 0.500 e. The standard InChI is InChI=1S/C16H28O5SSi/c1-4-19-23(20-5-2,21-6-3)15-11-10-14-22(17,18)16-12-8-7-9-13-16/h7-9,12-13H,4-6,10-11,14-15H2,1-3H3. The van der Waals surface area contributed by atoms with E-state index in [2.05, 4.69) is 0 Å². The van der Waals surface area contributed by atoms with Crippen LogP contribution in [0, 0.1) is 0 Å². The molecule has 1 aromatic carbocycles. The predicted octanol–water partition coefficient (Wildman–Crippen LogP) is 3.29. The normalized spacial score (nSPS) is 12.5. The molecule has 0 saturated carbocycles. The van der Waals surface area contributed by atoms with Crippen molar-refractivity contribution in [2.45, 2.75) is 44.6 Å². The van der Waals surface area contributed by atoms with Gasteiger partial charge in [0.1, 0.15) is 0 Å². The molecule has 0 bridgehead atoms. The minimum atomic E-state index is -3.22. The summed E-state index contributed by atoms with van der Waals surface area (Å²) in [4.78, 5) is 0.378. The number of hydrogen-bond acceptors (Lipinski definition) is 5. The third-order valence-electron chi connectivity index (χ3n) is 3.34. The Morgan fingerprint density at radius 1 is 0.870 bits per heavy atom. The number of unbranched alkanes of at least 4 members (excludes halogenated alkanes) is 1. The van der Waals surface area contributed by atoms with E-state index in [1.165, 1.54) is 0 Å². The van der Waals surface area contributed by atoms with Gasteiger partial charge in [0, 0.05) is 25.9 Å². The molecule has 0 aliphatic carbocycles. The smallest absolute Gasteiger partial charge is 0.374 e. The second kappa shape index (κ2) is 10.2. The summed E-state index contributed by atoms with van der Waals surface area (Å²) in [5, 5.41) is 0. The zero-order valence-electron chi connectivity index (χ0n) is 14.3.